The van der Waals surface area contributed by atoms with E-state index in [1.807, 2.05) is 72.9 Å². The first kappa shape index (κ1) is 32.8. The number of aromatic nitrogens is 11. The first-order chi connectivity index (χ1) is 24.5. The molecular weight excluding hydrogens is 636 g/mol. The van der Waals surface area contributed by atoms with Crippen LogP contribution in [0.1, 0.15) is 43.0 Å². The average Bonchev–Trinajstić information content (AvgIpc) is 3.95. The summed E-state index contributed by atoms with van der Waals surface area (Å²) in [5.74, 6) is 2.73. The molecule has 4 aromatic heterocycles. The van der Waals surface area contributed by atoms with Crippen LogP contribution in [-0.4, -0.2) is 106 Å². The molecule has 258 valence electrons. The SMILES string of the molecule is CON(C)C(=O)C1CCN(c2nnnn2-c2ccccc2)CC1.Cc1c(C2CCN(c3nnnn3-c3ccccc3)CC2)nc2ncccn12. The van der Waals surface area contributed by atoms with E-state index >= 15 is 0 Å². The van der Waals surface area contributed by atoms with E-state index < -0.39 is 0 Å². The number of hydrogen-bond donors (Lipinski definition) is 0. The van der Waals surface area contributed by atoms with E-state index in [1.54, 1.807) is 22.6 Å². The lowest BCUT2D eigenvalue weighted by molar-refractivity contribution is -0.174. The van der Waals surface area contributed by atoms with Crippen molar-refractivity contribution >= 4 is 23.6 Å². The quantitative estimate of drug-likeness (QED) is 0.228. The van der Waals surface area contributed by atoms with Crippen molar-refractivity contribution < 1.29 is 9.63 Å². The number of anilines is 2. The lowest BCUT2D eigenvalue weighted by Gasteiger charge is -2.32. The topological polar surface area (TPSA) is 153 Å². The number of benzene rings is 2. The molecule has 2 fully saturated rings. The number of aryl methyl sites for hydroxylation is 1. The molecule has 0 atom stereocenters. The molecule has 0 N–H and O–H groups in total. The first-order valence-corrected chi connectivity index (χ1v) is 16.8. The van der Waals surface area contributed by atoms with Gasteiger partial charge < -0.3 is 9.80 Å². The van der Waals surface area contributed by atoms with Crippen molar-refractivity contribution in [3.63, 3.8) is 0 Å². The minimum atomic E-state index is -0.0164. The number of hydrogen-bond acceptors (Lipinski definition) is 12. The third-order valence-corrected chi connectivity index (χ3v) is 9.46. The van der Waals surface area contributed by atoms with E-state index in [0.29, 0.717) is 11.9 Å². The van der Waals surface area contributed by atoms with Crippen molar-refractivity contribution in [3.8, 4) is 11.4 Å². The van der Waals surface area contributed by atoms with Crippen LogP contribution in [0.3, 0.4) is 0 Å². The van der Waals surface area contributed by atoms with Crippen LogP contribution in [0, 0.1) is 12.8 Å². The second-order valence-corrected chi connectivity index (χ2v) is 12.4. The van der Waals surface area contributed by atoms with Gasteiger partial charge in [-0.2, -0.15) is 9.36 Å². The van der Waals surface area contributed by atoms with Gasteiger partial charge in [0.1, 0.15) is 0 Å². The molecule has 0 saturated carbocycles. The van der Waals surface area contributed by atoms with Crippen LogP contribution in [0.5, 0.6) is 0 Å². The maximum Gasteiger partial charge on any atom is 0.250 e. The Kier molecular flexibility index (Phi) is 9.68. The molecule has 6 heterocycles. The normalized spacial score (nSPS) is 15.6. The molecule has 2 saturated heterocycles. The number of imidazole rings is 1. The lowest BCUT2D eigenvalue weighted by Crippen LogP contribution is -2.41. The minimum absolute atomic E-state index is 0.0164. The molecular formula is C34H40N14O2. The molecule has 0 bridgehead atoms. The van der Waals surface area contributed by atoms with Gasteiger partial charge in [-0.05, 0) is 83.8 Å². The van der Waals surface area contributed by atoms with Crippen molar-refractivity contribution in [3.05, 3.63) is 90.5 Å². The van der Waals surface area contributed by atoms with Crippen LogP contribution in [0.2, 0.25) is 0 Å². The molecule has 0 spiro atoms. The molecule has 0 radical (unpaired) electrons. The minimum Gasteiger partial charge on any atom is -0.339 e. The first-order valence-electron chi connectivity index (χ1n) is 16.8. The summed E-state index contributed by atoms with van der Waals surface area (Å²) in [6.45, 7) is 5.40. The number of carbonyl (C=O) groups is 1. The van der Waals surface area contributed by atoms with E-state index in [0.717, 1.165) is 80.7 Å². The Bertz CT molecular complexity index is 1990. The number of fused-ring (bicyclic) bond motifs is 1. The van der Waals surface area contributed by atoms with Gasteiger partial charge in [0.25, 0.3) is 0 Å². The van der Waals surface area contributed by atoms with Gasteiger partial charge in [-0.1, -0.05) is 46.6 Å². The van der Waals surface area contributed by atoms with Crippen molar-refractivity contribution in [2.45, 2.75) is 38.5 Å². The van der Waals surface area contributed by atoms with Crippen LogP contribution in [-0.2, 0) is 9.63 Å². The average molecular weight is 677 g/mol. The molecule has 2 aliphatic heterocycles. The standard InChI is InChI=1S/C19H20N8.C15H20N6O2/c1-14-17(21-18-20-10-5-11-26(14)18)15-8-12-25(13-9-15)19-22-23-24-27(19)16-6-3-2-4-7-16;1-19(23-2)14(22)12-8-10-20(11-9-12)15-16-17-18-21(15)13-6-4-3-5-7-13/h2-7,10-11,15H,8-9,12-13H2,1H3;3-7,12H,8-11H2,1-2H3. The summed E-state index contributed by atoms with van der Waals surface area (Å²) in [7, 11) is 3.14. The van der Waals surface area contributed by atoms with Gasteiger partial charge in [0.05, 0.1) is 24.2 Å². The third kappa shape index (κ3) is 6.74. The van der Waals surface area contributed by atoms with E-state index in [-0.39, 0.29) is 11.8 Å². The molecule has 50 heavy (non-hydrogen) atoms. The highest BCUT2D eigenvalue weighted by molar-refractivity contribution is 5.77. The largest absolute Gasteiger partial charge is 0.339 e. The van der Waals surface area contributed by atoms with Gasteiger partial charge >= 0.3 is 0 Å². The molecule has 2 aromatic carbocycles. The van der Waals surface area contributed by atoms with Crippen LogP contribution in [0.25, 0.3) is 17.2 Å². The predicted molar refractivity (Wildman–Crippen MR) is 185 cm³/mol. The molecule has 6 aromatic rings. The lowest BCUT2D eigenvalue weighted by atomic mass is 9.92. The van der Waals surface area contributed by atoms with Gasteiger partial charge in [0.2, 0.25) is 23.6 Å². The van der Waals surface area contributed by atoms with E-state index in [1.165, 1.54) is 17.9 Å². The summed E-state index contributed by atoms with van der Waals surface area (Å²) in [6, 6.07) is 21.7. The summed E-state index contributed by atoms with van der Waals surface area (Å²) in [6.07, 6.45) is 7.37. The van der Waals surface area contributed by atoms with Gasteiger partial charge in [-0.3, -0.25) is 14.0 Å². The van der Waals surface area contributed by atoms with E-state index in [2.05, 4.69) is 57.2 Å². The zero-order valence-electron chi connectivity index (χ0n) is 28.4. The van der Waals surface area contributed by atoms with Crippen LogP contribution in [0.4, 0.5) is 11.9 Å². The van der Waals surface area contributed by atoms with Gasteiger partial charge in [-0.25, -0.2) is 15.0 Å². The maximum absolute atomic E-state index is 12.1. The van der Waals surface area contributed by atoms with Crippen LogP contribution < -0.4 is 9.80 Å². The monoisotopic (exact) mass is 676 g/mol. The Morgan fingerprint density at radius 1 is 0.780 bits per heavy atom. The highest BCUT2D eigenvalue weighted by atomic mass is 16.7. The van der Waals surface area contributed by atoms with Crippen molar-refractivity contribution in [1.82, 2.24) is 59.8 Å². The molecule has 2 aliphatic rings. The smallest absolute Gasteiger partial charge is 0.250 e. The number of rotatable bonds is 7. The van der Waals surface area contributed by atoms with Gasteiger partial charge in [0, 0.05) is 63.2 Å². The van der Waals surface area contributed by atoms with Crippen molar-refractivity contribution in [2.24, 2.45) is 5.92 Å². The second kappa shape index (κ2) is 14.8. The van der Waals surface area contributed by atoms with Gasteiger partial charge in [-0.15, -0.1) is 0 Å². The highest BCUT2D eigenvalue weighted by Gasteiger charge is 2.30. The molecule has 0 aliphatic carbocycles. The Hall–Kier alpha value is -5.77. The molecule has 0 unspecified atom stereocenters. The Morgan fingerprint density at radius 3 is 1.84 bits per heavy atom. The maximum atomic E-state index is 12.1. The Balaban J connectivity index is 0.000000159. The number of amides is 1. The number of para-hydroxylation sites is 2. The van der Waals surface area contributed by atoms with E-state index in [4.69, 9.17) is 9.82 Å². The molecule has 8 rings (SSSR count). The van der Waals surface area contributed by atoms with Crippen molar-refractivity contribution in [2.75, 3.05) is 50.1 Å². The fourth-order valence-electron chi connectivity index (χ4n) is 6.66. The summed E-state index contributed by atoms with van der Waals surface area (Å²) >= 11 is 0. The fraction of sp³-hybridized carbons (Fsp3) is 0.382. The van der Waals surface area contributed by atoms with Gasteiger partial charge in [0.15, 0.2) is 0 Å². The zero-order chi connectivity index (χ0) is 34.5. The number of carbonyl (C=O) groups excluding carboxylic acids is 1. The van der Waals surface area contributed by atoms with Crippen LogP contribution in [0.15, 0.2) is 79.1 Å². The molecule has 1 amide bonds. The number of piperidine rings is 2. The fourth-order valence-corrected chi connectivity index (χ4v) is 6.66. The summed E-state index contributed by atoms with van der Waals surface area (Å²) < 4.78 is 5.60. The Morgan fingerprint density at radius 2 is 1.32 bits per heavy atom. The summed E-state index contributed by atoms with van der Waals surface area (Å²) in [5.41, 5.74) is 4.24. The summed E-state index contributed by atoms with van der Waals surface area (Å²) in [4.78, 5) is 30.6. The third-order valence-electron chi connectivity index (χ3n) is 9.46. The molecule has 16 heteroatoms. The van der Waals surface area contributed by atoms with E-state index in [9.17, 15) is 4.79 Å². The molecule has 16 nitrogen and oxygen atoms in total. The summed E-state index contributed by atoms with van der Waals surface area (Å²) in [5, 5.41) is 25.6. The predicted octanol–water partition coefficient (Wildman–Crippen LogP) is 3.30. The second-order valence-electron chi connectivity index (χ2n) is 12.4. The Labute approximate surface area is 289 Å². The van der Waals surface area contributed by atoms with Crippen molar-refractivity contribution in [1.29, 1.82) is 0 Å². The zero-order valence-corrected chi connectivity index (χ0v) is 28.4. The number of nitrogens with zero attached hydrogens (tertiary/aromatic N) is 14. The number of hydroxylamine groups is 2. The number of tetrazole rings is 2. The highest BCUT2D eigenvalue weighted by Crippen LogP contribution is 2.32. The van der Waals surface area contributed by atoms with Crippen LogP contribution >= 0.6 is 0 Å².